The van der Waals surface area contributed by atoms with Gasteiger partial charge in [-0.3, -0.25) is 45.3 Å². The lowest BCUT2D eigenvalue weighted by atomic mass is 10.1. The lowest BCUT2D eigenvalue weighted by molar-refractivity contribution is -0.152. The molecule has 2 aromatic rings. The Morgan fingerprint density at radius 1 is 0.941 bits per heavy atom. The minimum atomic E-state index is -0.896. The van der Waals surface area contributed by atoms with Crippen LogP contribution >= 0.6 is 34.8 Å². The zero-order valence-corrected chi connectivity index (χ0v) is 19.5. The van der Waals surface area contributed by atoms with E-state index in [1.807, 2.05) is 0 Å². The van der Waals surface area contributed by atoms with E-state index in [-0.39, 0.29) is 39.2 Å². The van der Waals surface area contributed by atoms with Crippen molar-refractivity contribution in [2.45, 2.75) is 6.42 Å². The second kappa shape index (κ2) is 11.2. The summed E-state index contributed by atoms with van der Waals surface area (Å²) >= 11 is 17.6. The predicted octanol–water partition coefficient (Wildman–Crippen LogP) is 2.14. The monoisotopic (exact) mass is 526 g/mol. The summed E-state index contributed by atoms with van der Waals surface area (Å²) in [4.78, 5) is 60.6. The molecule has 1 saturated heterocycles. The molecule has 2 aromatic carbocycles. The third kappa shape index (κ3) is 6.37. The van der Waals surface area contributed by atoms with Crippen molar-refractivity contribution in [3.63, 3.8) is 0 Å². The fraction of sp³-hybridized carbons (Fsp3) is 0.190. The number of amides is 4. The summed E-state index contributed by atoms with van der Waals surface area (Å²) in [5.41, 5.74) is 6.95. The van der Waals surface area contributed by atoms with Gasteiger partial charge in [0.1, 0.15) is 0 Å². The van der Waals surface area contributed by atoms with Gasteiger partial charge in [0.25, 0.3) is 17.7 Å². The van der Waals surface area contributed by atoms with Crippen molar-refractivity contribution >= 4 is 64.4 Å². The number of benzene rings is 2. The van der Waals surface area contributed by atoms with Crippen LogP contribution in [0.1, 0.15) is 27.1 Å². The lowest BCUT2D eigenvalue weighted by Gasteiger charge is -2.17. The predicted molar refractivity (Wildman–Crippen MR) is 122 cm³/mol. The SMILES string of the molecule is O=C(COC(=O)[C@@H]1CC(=O)N(NC(=O)c2ccc(Cl)c(Cl)c2)C1)NNC(=O)c1ccccc1Cl. The molecule has 1 aliphatic rings. The van der Waals surface area contributed by atoms with E-state index in [1.54, 1.807) is 12.1 Å². The van der Waals surface area contributed by atoms with Gasteiger partial charge >= 0.3 is 5.97 Å². The van der Waals surface area contributed by atoms with E-state index < -0.39 is 42.1 Å². The highest BCUT2D eigenvalue weighted by Crippen LogP contribution is 2.23. The lowest BCUT2D eigenvalue weighted by Crippen LogP contribution is -2.44. The van der Waals surface area contributed by atoms with Gasteiger partial charge < -0.3 is 4.74 Å². The van der Waals surface area contributed by atoms with Crippen molar-refractivity contribution < 1.29 is 28.7 Å². The number of hydrogen-bond donors (Lipinski definition) is 3. The smallest absolute Gasteiger partial charge is 0.311 e. The number of nitrogens with zero attached hydrogens (tertiary/aromatic N) is 1. The molecule has 0 unspecified atom stereocenters. The summed E-state index contributed by atoms with van der Waals surface area (Å²) in [5.74, 6) is -4.29. The molecule has 0 bridgehead atoms. The van der Waals surface area contributed by atoms with Gasteiger partial charge in [-0.05, 0) is 30.3 Å². The molecule has 1 aliphatic heterocycles. The highest BCUT2D eigenvalue weighted by molar-refractivity contribution is 6.42. The summed E-state index contributed by atoms with van der Waals surface area (Å²) in [6.45, 7) is -0.836. The Hall–Kier alpha value is -3.34. The van der Waals surface area contributed by atoms with Crippen LogP contribution in [0, 0.1) is 5.92 Å². The molecule has 3 rings (SSSR count). The van der Waals surface area contributed by atoms with Crippen molar-refractivity contribution in [2.24, 2.45) is 5.92 Å². The molecular formula is C21H17Cl3N4O6. The maximum absolute atomic E-state index is 12.3. The summed E-state index contributed by atoms with van der Waals surface area (Å²) < 4.78 is 4.91. The van der Waals surface area contributed by atoms with Crippen molar-refractivity contribution in [3.8, 4) is 0 Å². The van der Waals surface area contributed by atoms with E-state index in [9.17, 15) is 24.0 Å². The Kier molecular flexibility index (Phi) is 8.32. The molecular weight excluding hydrogens is 511 g/mol. The van der Waals surface area contributed by atoms with Gasteiger partial charge in [0.2, 0.25) is 5.91 Å². The van der Waals surface area contributed by atoms with Gasteiger partial charge in [0.05, 0.1) is 33.1 Å². The topological polar surface area (TPSA) is 134 Å². The average molecular weight is 528 g/mol. The van der Waals surface area contributed by atoms with E-state index in [1.165, 1.54) is 30.3 Å². The maximum atomic E-state index is 12.3. The Morgan fingerprint density at radius 3 is 2.38 bits per heavy atom. The van der Waals surface area contributed by atoms with Gasteiger partial charge in [-0.25, -0.2) is 0 Å². The first-order valence-corrected chi connectivity index (χ1v) is 10.9. The summed E-state index contributed by atoms with van der Waals surface area (Å²) in [6, 6.07) is 10.4. The molecule has 13 heteroatoms. The quantitative estimate of drug-likeness (QED) is 0.389. The van der Waals surface area contributed by atoms with Crippen LogP contribution in [0.3, 0.4) is 0 Å². The highest BCUT2D eigenvalue weighted by atomic mass is 35.5. The highest BCUT2D eigenvalue weighted by Gasteiger charge is 2.36. The third-order valence-corrected chi connectivity index (χ3v) is 5.72. The Labute approximate surface area is 208 Å². The van der Waals surface area contributed by atoms with E-state index >= 15 is 0 Å². The van der Waals surface area contributed by atoms with Crippen molar-refractivity contribution in [3.05, 3.63) is 68.7 Å². The molecule has 0 spiro atoms. The second-order valence-electron chi connectivity index (χ2n) is 7.07. The van der Waals surface area contributed by atoms with E-state index in [2.05, 4.69) is 16.3 Å². The normalized spacial score (nSPS) is 15.0. The first kappa shape index (κ1) is 25.3. The number of esters is 1. The van der Waals surface area contributed by atoms with Crippen LogP contribution in [-0.2, 0) is 19.1 Å². The Balaban J connectivity index is 1.44. The average Bonchev–Trinajstić information content (AvgIpc) is 3.18. The zero-order chi connectivity index (χ0) is 24.8. The van der Waals surface area contributed by atoms with Crippen LogP contribution in [0.15, 0.2) is 42.5 Å². The molecule has 0 radical (unpaired) electrons. The molecule has 3 N–H and O–H groups in total. The first-order valence-electron chi connectivity index (χ1n) is 9.72. The maximum Gasteiger partial charge on any atom is 0.311 e. The van der Waals surface area contributed by atoms with Crippen LogP contribution < -0.4 is 16.3 Å². The van der Waals surface area contributed by atoms with Crippen LogP contribution in [0.5, 0.6) is 0 Å². The molecule has 0 saturated carbocycles. The van der Waals surface area contributed by atoms with E-state index in [4.69, 9.17) is 39.5 Å². The largest absolute Gasteiger partial charge is 0.455 e. The Morgan fingerprint density at radius 2 is 1.68 bits per heavy atom. The minimum Gasteiger partial charge on any atom is -0.455 e. The fourth-order valence-electron chi connectivity index (χ4n) is 2.93. The Bertz CT molecular complexity index is 1160. The molecule has 34 heavy (non-hydrogen) atoms. The number of hydrazine groups is 2. The molecule has 10 nitrogen and oxygen atoms in total. The molecule has 0 aliphatic carbocycles. The van der Waals surface area contributed by atoms with Crippen molar-refractivity contribution in [2.75, 3.05) is 13.2 Å². The zero-order valence-electron chi connectivity index (χ0n) is 17.3. The number of rotatable bonds is 6. The third-order valence-electron chi connectivity index (χ3n) is 4.66. The molecule has 1 fully saturated rings. The van der Waals surface area contributed by atoms with Gasteiger partial charge in [0.15, 0.2) is 6.61 Å². The van der Waals surface area contributed by atoms with Gasteiger partial charge in [-0.15, -0.1) is 0 Å². The number of halogens is 3. The summed E-state index contributed by atoms with van der Waals surface area (Å²) in [6.07, 6.45) is -0.217. The number of carbonyl (C=O) groups is 5. The standard InChI is InChI=1S/C21H17Cl3N4O6/c22-14-4-2-1-3-13(14)20(32)26-25-17(29)10-34-21(33)12-8-18(30)28(9-12)27-19(31)11-5-6-15(23)16(24)7-11/h1-7,12H,8-10H2,(H,25,29)(H,26,32)(H,27,31)/t12-/m1/s1. The van der Waals surface area contributed by atoms with Crippen LogP contribution in [-0.4, -0.2) is 47.8 Å². The van der Waals surface area contributed by atoms with Crippen LogP contribution in [0.25, 0.3) is 0 Å². The van der Waals surface area contributed by atoms with Gasteiger partial charge in [-0.2, -0.15) is 0 Å². The number of carbonyl (C=O) groups excluding carboxylic acids is 5. The van der Waals surface area contributed by atoms with Gasteiger partial charge in [-0.1, -0.05) is 46.9 Å². The minimum absolute atomic E-state index is 0.143. The van der Waals surface area contributed by atoms with E-state index in [0.717, 1.165) is 5.01 Å². The second-order valence-corrected chi connectivity index (χ2v) is 8.29. The van der Waals surface area contributed by atoms with Crippen LogP contribution in [0.4, 0.5) is 0 Å². The molecule has 1 heterocycles. The number of ether oxygens (including phenoxy) is 1. The first-order chi connectivity index (χ1) is 16.2. The van der Waals surface area contributed by atoms with Crippen LogP contribution in [0.2, 0.25) is 15.1 Å². The fourth-order valence-corrected chi connectivity index (χ4v) is 3.45. The van der Waals surface area contributed by atoms with Crippen molar-refractivity contribution in [1.29, 1.82) is 0 Å². The molecule has 0 aromatic heterocycles. The number of hydrogen-bond acceptors (Lipinski definition) is 6. The number of nitrogens with one attached hydrogen (secondary N) is 3. The van der Waals surface area contributed by atoms with Gasteiger partial charge in [0, 0.05) is 12.0 Å². The summed E-state index contributed by atoms with van der Waals surface area (Å²) in [7, 11) is 0. The van der Waals surface area contributed by atoms with E-state index in [0.29, 0.717) is 0 Å². The molecule has 4 amide bonds. The molecule has 1 atom stereocenters. The molecule has 178 valence electrons. The van der Waals surface area contributed by atoms with Crippen molar-refractivity contribution in [1.82, 2.24) is 21.3 Å². The summed E-state index contributed by atoms with van der Waals surface area (Å²) in [5, 5.41) is 1.62.